The van der Waals surface area contributed by atoms with Crippen molar-refractivity contribution < 1.29 is 96.7 Å². The van der Waals surface area contributed by atoms with Gasteiger partial charge in [0.25, 0.3) is 0 Å². The number of rotatable bonds is 0. The smallest absolute Gasteiger partial charge is 0.450 e. The van der Waals surface area contributed by atoms with Gasteiger partial charge in [0.15, 0.2) is 0 Å². The third-order valence-corrected chi connectivity index (χ3v) is 0. The maximum absolute atomic E-state index is 8.56. The fourth-order valence-electron chi connectivity index (χ4n) is 0. The molecule has 8 heavy (non-hydrogen) atoms. The molecule has 0 radical (unpaired) electrons. The average molecular weight is 488 g/mol. The van der Waals surface area contributed by atoms with Crippen molar-refractivity contribution in [3.05, 3.63) is 0 Å². The Morgan fingerprint density at radius 3 is 0.875 bits per heavy atom. The predicted octanol–water partition coefficient (Wildman–Crippen LogP) is 0.212. The van der Waals surface area contributed by atoms with Crippen LogP contribution in [0.5, 0.6) is 0 Å². The molecule has 0 aromatic heterocycles. The van der Waals surface area contributed by atoms with Crippen molar-refractivity contribution in [2.45, 2.75) is 0 Å². The molecular weight excluding hydrogens is 486 g/mol. The Bertz CT molecular complexity index is 34.3. The topological polar surface area (TPSA) is 57.5 Å². The fourth-order valence-corrected chi connectivity index (χ4v) is 0. The van der Waals surface area contributed by atoms with Crippen molar-refractivity contribution in [3.63, 3.8) is 0 Å². The van der Waals surface area contributed by atoms with E-state index in [2.05, 4.69) is 0 Å². The minimum absolute atomic E-state index is 0. The largest absolute Gasteiger partial charge is 0.503 e. The Hall–Kier alpha value is 1.92. The summed E-state index contributed by atoms with van der Waals surface area (Å²) < 4.78 is 0. The third kappa shape index (κ3) is 103. The van der Waals surface area contributed by atoms with Crippen LogP contribution < -0.4 is 0 Å². The Kier molecular flexibility index (Phi) is 94.2. The Morgan fingerprint density at radius 1 is 0.875 bits per heavy atom. The standard InChI is InChI=1S/CH2O3.4Pd/c2-1(3)4;;;;/h(H2,2,3,4);;;;. The normalized spacial score (nSPS) is 3.00. The van der Waals surface area contributed by atoms with E-state index < -0.39 is 6.16 Å². The van der Waals surface area contributed by atoms with Crippen molar-refractivity contribution in [3.8, 4) is 0 Å². The van der Waals surface area contributed by atoms with Crippen LogP contribution in [0.25, 0.3) is 0 Å². The SMILES string of the molecule is O=C(O)O.[Pd].[Pd].[Pd].[Pd]. The van der Waals surface area contributed by atoms with E-state index in [0.29, 0.717) is 0 Å². The Labute approximate surface area is 102 Å². The van der Waals surface area contributed by atoms with E-state index in [4.69, 9.17) is 15.0 Å². The molecule has 0 amide bonds. The van der Waals surface area contributed by atoms with Gasteiger partial charge in [-0.3, -0.25) is 0 Å². The van der Waals surface area contributed by atoms with Crippen LogP contribution in [-0.2, 0) is 81.7 Å². The zero-order valence-corrected chi connectivity index (χ0v) is 9.29. The molecule has 0 rings (SSSR count). The summed E-state index contributed by atoms with van der Waals surface area (Å²) in [6.45, 7) is 0. The van der Waals surface area contributed by atoms with Gasteiger partial charge < -0.3 is 10.2 Å². The molecular formula is CH2O3Pd4. The summed E-state index contributed by atoms with van der Waals surface area (Å²) >= 11 is 0. The zero-order valence-electron chi connectivity index (χ0n) is 3.07. The summed E-state index contributed by atoms with van der Waals surface area (Å²) in [5.41, 5.74) is 0. The summed E-state index contributed by atoms with van der Waals surface area (Å²) in [7, 11) is 0. The Balaban J connectivity index is -0.00000000750. The van der Waals surface area contributed by atoms with Crippen LogP contribution in [0.2, 0.25) is 0 Å². The van der Waals surface area contributed by atoms with Gasteiger partial charge >= 0.3 is 6.16 Å². The molecule has 0 bridgehead atoms. The van der Waals surface area contributed by atoms with Crippen LogP contribution in [0.4, 0.5) is 4.79 Å². The van der Waals surface area contributed by atoms with Crippen LogP contribution in [0.15, 0.2) is 0 Å². The van der Waals surface area contributed by atoms with E-state index in [1.54, 1.807) is 0 Å². The quantitative estimate of drug-likeness (QED) is 0.481. The van der Waals surface area contributed by atoms with Crippen LogP contribution in [-0.4, -0.2) is 16.4 Å². The second-order valence-corrected chi connectivity index (χ2v) is 0.283. The van der Waals surface area contributed by atoms with Gasteiger partial charge in [0.05, 0.1) is 0 Å². The summed E-state index contributed by atoms with van der Waals surface area (Å²) in [6, 6.07) is 0. The van der Waals surface area contributed by atoms with Gasteiger partial charge in [-0.15, -0.1) is 0 Å². The van der Waals surface area contributed by atoms with Crippen LogP contribution in [0.3, 0.4) is 0 Å². The van der Waals surface area contributed by atoms with Gasteiger partial charge in [-0.25, -0.2) is 4.79 Å². The van der Waals surface area contributed by atoms with E-state index in [-0.39, 0.29) is 81.7 Å². The molecule has 0 aliphatic heterocycles. The molecule has 2 N–H and O–H groups in total. The number of hydrogen-bond acceptors (Lipinski definition) is 1. The van der Waals surface area contributed by atoms with Gasteiger partial charge in [-0.05, 0) is 0 Å². The summed E-state index contributed by atoms with van der Waals surface area (Å²) in [6.07, 6.45) is -1.83. The molecule has 0 aromatic carbocycles. The second-order valence-electron chi connectivity index (χ2n) is 0.283. The molecule has 64 valence electrons. The van der Waals surface area contributed by atoms with Gasteiger partial charge in [-0.1, -0.05) is 0 Å². The van der Waals surface area contributed by atoms with E-state index in [1.807, 2.05) is 0 Å². The maximum Gasteiger partial charge on any atom is 0.503 e. The van der Waals surface area contributed by atoms with Crippen molar-refractivity contribution in [1.82, 2.24) is 0 Å². The minimum Gasteiger partial charge on any atom is -0.450 e. The monoisotopic (exact) mass is 486 g/mol. The van der Waals surface area contributed by atoms with E-state index >= 15 is 0 Å². The van der Waals surface area contributed by atoms with Crippen LogP contribution in [0.1, 0.15) is 0 Å². The van der Waals surface area contributed by atoms with Crippen LogP contribution >= 0.6 is 0 Å². The molecule has 0 aromatic rings. The first-order chi connectivity index (χ1) is 1.73. The molecule has 0 saturated carbocycles. The van der Waals surface area contributed by atoms with Crippen LogP contribution in [0, 0.1) is 0 Å². The number of carbonyl (C=O) groups is 1. The molecule has 0 saturated heterocycles. The summed E-state index contributed by atoms with van der Waals surface area (Å²) in [5.74, 6) is 0. The van der Waals surface area contributed by atoms with Gasteiger partial charge in [-0.2, -0.15) is 0 Å². The van der Waals surface area contributed by atoms with E-state index in [1.165, 1.54) is 0 Å². The maximum atomic E-state index is 8.56. The summed E-state index contributed by atoms with van der Waals surface area (Å²) in [4.78, 5) is 8.56. The molecule has 0 aliphatic rings. The molecule has 0 spiro atoms. The zero-order chi connectivity index (χ0) is 3.58. The molecule has 3 nitrogen and oxygen atoms in total. The number of hydrogen-bond donors (Lipinski definition) is 2. The van der Waals surface area contributed by atoms with E-state index in [9.17, 15) is 0 Å². The van der Waals surface area contributed by atoms with Crippen molar-refractivity contribution >= 4 is 6.16 Å². The third-order valence-electron chi connectivity index (χ3n) is 0. The molecule has 0 atom stereocenters. The van der Waals surface area contributed by atoms with Crippen molar-refractivity contribution in [2.75, 3.05) is 0 Å². The first-order valence-electron chi connectivity index (χ1n) is 0.651. The number of carboxylic acid groups (broad SMARTS) is 2. The molecule has 0 fully saturated rings. The molecule has 0 aliphatic carbocycles. The summed E-state index contributed by atoms with van der Waals surface area (Å²) in [5, 5.41) is 13.9. The first kappa shape index (κ1) is 32.6. The predicted molar refractivity (Wildman–Crippen MR) is 10.7 cm³/mol. The fraction of sp³-hybridized carbons (Fsp3) is 0. The van der Waals surface area contributed by atoms with Gasteiger partial charge in [0, 0.05) is 81.7 Å². The van der Waals surface area contributed by atoms with E-state index in [0.717, 1.165) is 0 Å². The molecule has 0 unspecified atom stereocenters. The first-order valence-corrected chi connectivity index (χ1v) is 0.651. The second kappa shape index (κ2) is 23.1. The van der Waals surface area contributed by atoms with Gasteiger partial charge in [0.2, 0.25) is 0 Å². The average Bonchev–Trinajstić information content (AvgIpc) is 0.811. The van der Waals surface area contributed by atoms with Crippen molar-refractivity contribution in [2.24, 2.45) is 0 Å². The minimum atomic E-state index is -1.83. The Morgan fingerprint density at radius 2 is 0.875 bits per heavy atom. The van der Waals surface area contributed by atoms with Gasteiger partial charge in [0.1, 0.15) is 0 Å². The molecule has 7 heteroatoms. The molecule has 0 heterocycles. The van der Waals surface area contributed by atoms with Crippen molar-refractivity contribution in [1.29, 1.82) is 0 Å².